The van der Waals surface area contributed by atoms with Gasteiger partial charge in [0.15, 0.2) is 0 Å². The van der Waals surface area contributed by atoms with E-state index in [1.54, 1.807) is 6.07 Å². The Morgan fingerprint density at radius 2 is 1.68 bits per heavy atom. The summed E-state index contributed by atoms with van der Waals surface area (Å²) in [6.07, 6.45) is 11.4. The largest absolute Gasteiger partial charge is 0.421 e. The summed E-state index contributed by atoms with van der Waals surface area (Å²) in [5.41, 5.74) is 7.17. The van der Waals surface area contributed by atoms with Crippen LogP contribution in [0.2, 0.25) is 0 Å². The Balaban J connectivity index is 1.84. The van der Waals surface area contributed by atoms with Gasteiger partial charge in [-0.1, -0.05) is 70.1 Å². The molecular formula is C19H27NO2. The van der Waals surface area contributed by atoms with Crippen molar-refractivity contribution in [2.45, 2.75) is 64.7 Å². The van der Waals surface area contributed by atoms with Crippen LogP contribution in [0.15, 0.2) is 33.5 Å². The number of aryl methyl sites for hydroxylation is 1. The fourth-order valence-corrected chi connectivity index (χ4v) is 2.87. The van der Waals surface area contributed by atoms with Crippen LogP contribution >= 0.6 is 0 Å². The maximum atomic E-state index is 11.6. The number of benzene rings is 1. The molecule has 0 aliphatic carbocycles. The lowest BCUT2D eigenvalue weighted by Crippen LogP contribution is -2.06. The molecule has 0 aliphatic heterocycles. The molecule has 0 radical (unpaired) electrons. The van der Waals surface area contributed by atoms with Gasteiger partial charge in [-0.15, -0.1) is 0 Å². The lowest BCUT2D eigenvalue weighted by Gasteiger charge is -2.06. The smallest absolute Gasteiger partial charge is 0.359 e. The molecule has 0 amide bonds. The average molecular weight is 301 g/mol. The van der Waals surface area contributed by atoms with Gasteiger partial charge in [0.2, 0.25) is 0 Å². The normalized spacial score (nSPS) is 11.1. The number of para-hydroxylation sites is 1. The summed E-state index contributed by atoms with van der Waals surface area (Å²) in [7, 11) is 0. The standard InChI is InChI=1S/C19H27NO2/c1-2-3-4-5-6-7-8-9-11-15-12-10-13-16-14-17(20)19(21)22-18(15)16/h10,12-14H,2-9,11,20H2,1H3. The summed E-state index contributed by atoms with van der Waals surface area (Å²) in [5.74, 6) is 0. The van der Waals surface area contributed by atoms with E-state index >= 15 is 0 Å². The SMILES string of the molecule is CCCCCCCCCCc1cccc2cc(N)c(=O)oc12. The van der Waals surface area contributed by atoms with Crippen LogP contribution in [-0.2, 0) is 6.42 Å². The molecule has 2 aromatic rings. The van der Waals surface area contributed by atoms with Gasteiger partial charge in [-0.2, -0.15) is 0 Å². The van der Waals surface area contributed by atoms with E-state index in [0.717, 1.165) is 23.8 Å². The van der Waals surface area contributed by atoms with E-state index in [2.05, 4.69) is 6.92 Å². The summed E-state index contributed by atoms with van der Waals surface area (Å²) in [4.78, 5) is 11.6. The Labute approximate surface area is 132 Å². The Kier molecular flexibility index (Phi) is 6.50. The van der Waals surface area contributed by atoms with Crippen molar-refractivity contribution in [1.82, 2.24) is 0 Å². The Hall–Kier alpha value is -1.77. The number of hydrogen-bond donors (Lipinski definition) is 1. The molecular weight excluding hydrogens is 274 g/mol. The van der Waals surface area contributed by atoms with Crippen LogP contribution < -0.4 is 11.4 Å². The molecule has 0 aliphatic rings. The fourth-order valence-electron chi connectivity index (χ4n) is 2.87. The Bertz CT molecular complexity index is 645. The third-order valence-corrected chi connectivity index (χ3v) is 4.17. The molecule has 0 fully saturated rings. The highest BCUT2D eigenvalue weighted by Crippen LogP contribution is 2.21. The second-order valence-corrected chi connectivity index (χ2v) is 6.05. The van der Waals surface area contributed by atoms with Crippen LogP contribution in [0.4, 0.5) is 5.69 Å². The van der Waals surface area contributed by atoms with E-state index < -0.39 is 5.63 Å². The van der Waals surface area contributed by atoms with E-state index in [9.17, 15) is 4.79 Å². The molecule has 3 heteroatoms. The van der Waals surface area contributed by atoms with Crippen molar-refractivity contribution in [3.8, 4) is 0 Å². The van der Waals surface area contributed by atoms with Crippen LogP contribution in [-0.4, -0.2) is 0 Å². The molecule has 22 heavy (non-hydrogen) atoms. The third kappa shape index (κ3) is 4.62. The lowest BCUT2D eigenvalue weighted by atomic mass is 10.0. The number of nitrogen functional groups attached to an aromatic ring is 1. The summed E-state index contributed by atoms with van der Waals surface area (Å²) in [6, 6.07) is 7.69. The van der Waals surface area contributed by atoms with Gasteiger partial charge in [0.25, 0.3) is 0 Å². The number of anilines is 1. The van der Waals surface area contributed by atoms with Gasteiger partial charge in [-0.3, -0.25) is 0 Å². The highest BCUT2D eigenvalue weighted by Gasteiger charge is 2.06. The van der Waals surface area contributed by atoms with Gasteiger partial charge in [0, 0.05) is 5.39 Å². The van der Waals surface area contributed by atoms with E-state index in [1.807, 2.05) is 18.2 Å². The molecule has 0 atom stereocenters. The van der Waals surface area contributed by atoms with Crippen LogP contribution in [0.1, 0.15) is 63.9 Å². The second kappa shape index (κ2) is 8.62. The Morgan fingerprint density at radius 3 is 2.41 bits per heavy atom. The maximum absolute atomic E-state index is 11.6. The van der Waals surface area contributed by atoms with E-state index in [0.29, 0.717) is 5.58 Å². The lowest BCUT2D eigenvalue weighted by molar-refractivity contribution is 0.553. The first-order valence-electron chi connectivity index (χ1n) is 8.53. The monoisotopic (exact) mass is 301 g/mol. The number of hydrogen-bond acceptors (Lipinski definition) is 3. The van der Waals surface area contributed by atoms with Gasteiger partial charge in [-0.05, 0) is 24.5 Å². The zero-order chi connectivity index (χ0) is 15.8. The van der Waals surface area contributed by atoms with Crippen LogP contribution in [0.3, 0.4) is 0 Å². The molecule has 120 valence electrons. The topological polar surface area (TPSA) is 56.2 Å². The highest BCUT2D eigenvalue weighted by molar-refractivity contribution is 5.82. The minimum Gasteiger partial charge on any atom is -0.421 e. The summed E-state index contributed by atoms with van der Waals surface area (Å²) < 4.78 is 5.37. The van der Waals surface area contributed by atoms with Crippen molar-refractivity contribution >= 4 is 16.7 Å². The van der Waals surface area contributed by atoms with Crippen LogP contribution in [0.25, 0.3) is 11.0 Å². The average Bonchev–Trinajstić information content (AvgIpc) is 2.51. The molecule has 1 heterocycles. The van der Waals surface area contributed by atoms with Crippen molar-refractivity contribution < 1.29 is 4.42 Å². The molecule has 1 aromatic heterocycles. The van der Waals surface area contributed by atoms with Crippen molar-refractivity contribution in [2.75, 3.05) is 5.73 Å². The van der Waals surface area contributed by atoms with Crippen molar-refractivity contribution in [3.63, 3.8) is 0 Å². The Morgan fingerprint density at radius 1 is 1.00 bits per heavy atom. The molecule has 0 unspecified atom stereocenters. The molecule has 2 N–H and O–H groups in total. The van der Waals surface area contributed by atoms with Crippen LogP contribution in [0.5, 0.6) is 0 Å². The molecule has 0 bridgehead atoms. The summed E-state index contributed by atoms with van der Waals surface area (Å²) in [5, 5.41) is 0.911. The van der Waals surface area contributed by atoms with Gasteiger partial charge >= 0.3 is 5.63 Å². The number of nitrogens with two attached hydrogens (primary N) is 1. The number of unbranched alkanes of at least 4 members (excludes halogenated alkanes) is 7. The first-order chi connectivity index (χ1) is 10.7. The molecule has 0 saturated heterocycles. The summed E-state index contributed by atoms with van der Waals surface area (Å²) >= 11 is 0. The number of fused-ring (bicyclic) bond motifs is 1. The second-order valence-electron chi connectivity index (χ2n) is 6.05. The molecule has 2 rings (SSSR count). The zero-order valence-corrected chi connectivity index (χ0v) is 13.6. The quantitative estimate of drug-likeness (QED) is 0.520. The maximum Gasteiger partial charge on any atom is 0.359 e. The summed E-state index contributed by atoms with van der Waals surface area (Å²) in [6.45, 7) is 2.25. The van der Waals surface area contributed by atoms with Crippen LogP contribution in [0, 0.1) is 0 Å². The van der Waals surface area contributed by atoms with E-state index in [1.165, 1.54) is 44.9 Å². The first-order valence-corrected chi connectivity index (χ1v) is 8.53. The highest BCUT2D eigenvalue weighted by atomic mass is 16.4. The third-order valence-electron chi connectivity index (χ3n) is 4.17. The number of rotatable bonds is 9. The van der Waals surface area contributed by atoms with E-state index in [-0.39, 0.29) is 5.69 Å². The van der Waals surface area contributed by atoms with Gasteiger partial charge < -0.3 is 10.2 Å². The molecule has 1 aromatic carbocycles. The van der Waals surface area contributed by atoms with Crippen molar-refractivity contribution in [1.29, 1.82) is 0 Å². The van der Waals surface area contributed by atoms with Gasteiger partial charge in [-0.25, -0.2) is 4.79 Å². The minimum atomic E-state index is -0.434. The molecule has 3 nitrogen and oxygen atoms in total. The van der Waals surface area contributed by atoms with Crippen molar-refractivity contribution in [3.05, 3.63) is 40.2 Å². The first kappa shape index (κ1) is 16.6. The molecule has 0 spiro atoms. The van der Waals surface area contributed by atoms with Gasteiger partial charge in [0.05, 0.1) is 0 Å². The predicted octanol–water partition coefficient (Wildman–Crippen LogP) is 5.06. The molecule has 0 saturated carbocycles. The predicted molar refractivity (Wildman–Crippen MR) is 93.2 cm³/mol. The van der Waals surface area contributed by atoms with Gasteiger partial charge in [0.1, 0.15) is 11.3 Å². The fraction of sp³-hybridized carbons (Fsp3) is 0.526. The van der Waals surface area contributed by atoms with Crippen molar-refractivity contribution in [2.24, 2.45) is 0 Å². The zero-order valence-electron chi connectivity index (χ0n) is 13.6. The van der Waals surface area contributed by atoms with E-state index in [4.69, 9.17) is 10.2 Å². The minimum absolute atomic E-state index is 0.178.